The molecular formula is C14H20FN. The minimum absolute atomic E-state index is 0.160. The highest BCUT2D eigenvalue weighted by atomic mass is 19.1. The summed E-state index contributed by atoms with van der Waals surface area (Å²) in [7, 11) is 0. The van der Waals surface area contributed by atoms with Crippen molar-refractivity contribution >= 4 is 0 Å². The summed E-state index contributed by atoms with van der Waals surface area (Å²) in [6.45, 7) is 6.72. The van der Waals surface area contributed by atoms with E-state index in [2.05, 4.69) is 29.2 Å². The van der Waals surface area contributed by atoms with E-state index >= 15 is 0 Å². The number of likely N-dealkylation sites (tertiary alicyclic amines) is 1. The molecule has 2 heteroatoms. The van der Waals surface area contributed by atoms with Gasteiger partial charge in [0.05, 0.1) is 0 Å². The van der Waals surface area contributed by atoms with Crippen LogP contribution in [0.4, 0.5) is 4.39 Å². The molecule has 2 rings (SSSR count). The molecule has 0 unspecified atom stereocenters. The zero-order valence-corrected chi connectivity index (χ0v) is 10.1. The van der Waals surface area contributed by atoms with Gasteiger partial charge in [0.15, 0.2) is 0 Å². The van der Waals surface area contributed by atoms with Crippen molar-refractivity contribution in [2.45, 2.75) is 26.6 Å². The van der Waals surface area contributed by atoms with Crippen molar-refractivity contribution in [1.29, 1.82) is 0 Å². The van der Waals surface area contributed by atoms with Crippen LogP contribution >= 0.6 is 0 Å². The van der Waals surface area contributed by atoms with Gasteiger partial charge in [-0.2, -0.15) is 0 Å². The molecule has 1 aliphatic heterocycles. The summed E-state index contributed by atoms with van der Waals surface area (Å²) in [6, 6.07) is 10.4. The Morgan fingerprint density at radius 1 is 1.12 bits per heavy atom. The number of halogens is 1. The van der Waals surface area contributed by atoms with Gasteiger partial charge in [0, 0.05) is 31.5 Å². The van der Waals surface area contributed by atoms with Crippen LogP contribution in [0.25, 0.3) is 0 Å². The Morgan fingerprint density at radius 3 is 2.25 bits per heavy atom. The van der Waals surface area contributed by atoms with Crippen molar-refractivity contribution in [3.05, 3.63) is 35.9 Å². The van der Waals surface area contributed by atoms with E-state index in [-0.39, 0.29) is 11.8 Å². The van der Waals surface area contributed by atoms with Gasteiger partial charge in [-0.15, -0.1) is 0 Å². The predicted molar refractivity (Wildman–Crippen MR) is 64.9 cm³/mol. The molecule has 1 saturated heterocycles. The third-order valence-corrected chi connectivity index (χ3v) is 3.43. The molecule has 1 heterocycles. The minimum Gasteiger partial charge on any atom is -0.298 e. The second kappa shape index (κ2) is 4.96. The van der Waals surface area contributed by atoms with Crippen LogP contribution in [0.2, 0.25) is 0 Å². The van der Waals surface area contributed by atoms with Gasteiger partial charge >= 0.3 is 0 Å². The molecule has 1 aromatic rings. The molecule has 0 bridgehead atoms. The summed E-state index contributed by atoms with van der Waals surface area (Å²) >= 11 is 0. The van der Waals surface area contributed by atoms with Crippen LogP contribution in [0, 0.1) is 11.8 Å². The largest absolute Gasteiger partial charge is 0.298 e. The van der Waals surface area contributed by atoms with Gasteiger partial charge in [-0.1, -0.05) is 44.2 Å². The molecule has 0 amide bonds. The Bertz CT molecular complexity index is 313. The van der Waals surface area contributed by atoms with Crippen LogP contribution in [0.1, 0.15) is 19.4 Å². The fourth-order valence-electron chi connectivity index (χ4n) is 2.62. The molecule has 1 aliphatic rings. The second-order valence-electron chi connectivity index (χ2n) is 5.08. The summed E-state index contributed by atoms with van der Waals surface area (Å²) in [4.78, 5) is 2.36. The average molecular weight is 221 g/mol. The fourth-order valence-corrected chi connectivity index (χ4v) is 2.62. The molecule has 0 radical (unpaired) electrons. The zero-order chi connectivity index (χ0) is 11.5. The van der Waals surface area contributed by atoms with Gasteiger partial charge in [0.25, 0.3) is 0 Å². The van der Waals surface area contributed by atoms with Gasteiger partial charge in [-0.25, -0.2) is 4.39 Å². The Balaban J connectivity index is 1.97. The molecule has 0 aromatic heterocycles. The fraction of sp³-hybridized carbons (Fsp3) is 0.571. The normalized spacial score (nSPS) is 31.6. The number of benzene rings is 1. The van der Waals surface area contributed by atoms with Crippen molar-refractivity contribution in [3.8, 4) is 0 Å². The molecule has 0 spiro atoms. The summed E-state index contributed by atoms with van der Waals surface area (Å²) in [5.41, 5.74) is 1.32. The van der Waals surface area contributed by atoms with E-state index in [9.17, 15) is 4.39 Å². The molecule has 0 aliphatic carbocycles. The third-order valence-electron chi connectivity index (χ3n) is 3.43. The first-order chi connectivity index (χ1) is 7.66. The lowest BCUT2D eigenvalue weighted by Gasteiger charge is -2.37. The molecule has 0 saturated carbocycles. The van der Waals surface area contributed by atoms with Crippen molar-refractivity contribution < 1.29 is 4.39 Å². The molecule has 1 aromatic carbocycles. The van der Waals surface area contributed by atoms with E-state index in [0.717, 1.165) is 19.6 Å². The Kier molecular flexibility index (Phi) is 3.59. The SMILES string of the molecule is C[C@@H]1CN(Cc2ccccc2)C[C@H](C)[C@H]1F. The average Bonchev–Trinajstić information content (AvgIpc) is 2.27. The number of hydrogen-bond donors (Lipinski definition) is 0. The highest BCUT2D eigenvalue weighted by molar-refractivity contribution is 5.14. The van der Waals surface area contributed by atoms with Gasteiger partial charge in [-0.3, -0.25) is 4.90 Å². The number of alkyl halides is 1. The van der Waals surface area contributed by atoms with Crippen molar-refractivity contribution in [1.82, 2.24) is 4.90 Å². The molecule has 3 atom stereocenters. The van der Waals surface area contributed by atoms with Gasteiger partial charge < -0.3 is 0 Å². The monoisotopic (exact) mass is 221 g/mol. The van der Waals surface area contributed by atoms with E-state index in [1.165, 1.54) is 5.56 Å². The summed E-state index contributed by atoms with van der Waals surface area (Å²) < 4.78 is 13.7. The molecule has 88 valence electrons. The first-order valence-corrected chi connectivity index (χ1v) is 6.07. The summed E-state index contributed by atoms with van der Waals surface area (Å²) in [6.07, 6.45) is -0.632. The lowest BCUT2D eigenvalue weighted by Crippen LogP contribution is -2.45. The van der Waals surface area contributed by atoms with E-state index in [4.69, 9.17) is 0 Å². The van der Waals surface area contributed by atoms with Crippen molar-refractivity contribution in [3.63, 3.8) is 0 Å². The molecular weight excluding hydrogens is 201 g/mol. The number of piperidine rings is 1. The number of rotatable bonds is 2. The quantitative estimate of drug-likeness (QED) is 0.741. The molecule has 0 N–H and O–H groups in total. The van der Waals surface area contributed by atoms with Crippen LogP contribution in [0.15, 0.2) is 30.3 Å². The van der Waals surface area contributed by atoms with Crippen LogP contribution < -0.4 is 0 Å². The van der Waals surface area contributed by atoms with E-state index in [1.54, 1.807) is 0 Å². The standard InChI is InChI=1S/C14H20FN/c1-11-8-16(9-12(2)14(11)15)10-13-6-4-3-5-7-13/h3-7,11-12,14H,8-10H2,1-2H3/t11-,12+,14+. The third kappa shape index (κ3) is 2.62. The van der Waals surface area contributed by atoms with Crippen LogP contribution in [-0.2, 0) is 6.54 Å². The second-order valence-corrected chi connectivity index (χ2v) is 5.08. The maximum Gasteiger partial charge on any atom is 0.108 e. The minimum atomic E-state index is -0.632. The van der Waals surface area contributed by atoms with Gasteiger partial charge in [-0.05, 0) is 5.56 Å². The maximum atomic E-state index is 13.7. The van der Waals surface area contributed by atoms with Crippen LogP contribution in [0.3, 0.4) is 0 Å². The smallest absolute Gasteiger partial charge is 0.108 e. The summed E-state index contributed by atoms with van der Waals surface area (Å²) in [5, 5.41) is 0. The topological polar surface area (TPSA) is 3.24 Å². The van der Waals surface area contributed by atoms with Crippen LogP contribution in [-0.4, -0.2) is 24.2 Å². The van der Waals surface area contributed by atoms with Crippen molar-refractivity contribution in [2.75, 3.05) is 13.1 Å². The first-order valence-electron chi connectivity index (χ1n) is 6.07. The number of nitrogens with zero attached hydrogens (tertiary/aromatic N) is 1. The van der Waals surface area contributed by atoms with Crippen LogP contribution in [0.5, 0.6) is 0 Å². The highest BCUT2D eigenvalue weighted by Crippen LogP contribution is 2.25. The van der Waals surface area contributed by atoms with Crippen molar-refractivity contribution in [2.24, 2.45) is 11.8 Å². The lowest BCUT2D eigenvalue weighted by molar-refractivity contribution is 0.0456. The predicted octanol–water partition coefficient (Wildman–Crippen LogP) is 3.11. The Labute approximate surface area is 97.3 Å². The maximum absolute atomic E-state index is 13.7. The number of hydrogen-bond acceptors (Lipinski definition) is 1. The van der Waals surface area contributed by atoms with E-state index in [1.807, 2.05) is 19.9 Å². The Morgan fingerprint density at radius 2 is 1.69 bits per heavy atom. The molecule has 1 fully saturated rings. The molecule has 16 heavy (non-hydrogen) atoms. The Hall–Kier alpha value is -0.890. The highest BCUT2D eigenvalue weighted by Gasteiger charge is 2.31. The zero-order valence-electron chi connectivity index (χ0n) is 10.1. The lowest BCUT2D eigenvalue weighted by atomic mass is 9.89. The molecule has 1 nitrogen and oxygen atoms in total. The summed E-state index contributed by atoms with van der Waals surface area (Å²) in [5.74, 6) is 0.319. The first kappa shape index (κ1) is 11.6. The van der Waals surface area contributed by atoms with E-state index in [0.29, 0.717) is 0 Å². The van der Waals surface area contributed by atoms with Gasteiger partial charge in [0.2, 0.25) is 0 Å². The van der Waals surface area contributed by atoms with E-state index < -0.39 is 6.17 Å². The van der Waals surface area contributed by atoms with Gasteiger partial charge in [0.1, 0.15) is 6.17 Å².